The summed E-state index contributed by atoms with van der Waals surface area (Å²) in [5.41, 5.74) is 1.59. The number of aliphatic hydroxyl groups is 2. The molecule has 1 aromatic rings. The Hall–Kier alpha value is -1.63. The highest BCUT2D eigenvalue weighted by molar-refractivity contribution is 5.94. The molecule has 0 aromatic heterocycles. The number of carbonyl (C=O) groups excluding carboxylic acids is 1. The first kappa shape index (κ1) is 44.5. The van der Waals surface area contributed by atoms with Gasteiger partial charge in [0.1, 0.15) is 30.5 Å². The van der Waals surface area contributed by atoms with Gasteiger partial charge in [-0.25, -0.2) is 0 Å². The Morgan fingerprint density at radius 2 is 1.28 bits per heavy atom. The number of unbranched alkanes of at least 4 members (excludes halogenated alkanes) is 6. The first-order valence-electron chi connectivity index (χ1n) is 19.8. The van der Waals surface area contributed by atoms with E-state index in [-0.39, 0.29) is 12.5 Å². The predicted octanol–water partition coefficient (Wildman–Crippen LogP) is 6.76. The van der Waals surface area contributed by atoms with E-state index in [4.69, 9.17) is 28.4 Å². The van der Waals surface area contributed by atoms with Gasteiger partial charge >= 0.3 is 0 Å². The normalized spacial score (nSPS) is 22.7. The van der Waals surface area contributed by atoms with Gasteiger partial charge in [-0.2, -0.15) is 0 Å². The predicted molar refractivity (Wildman–Crippen MR) is 198 cm³/mol. The summed E-state index contributed by atoms with van der Waals surface area (Å²) in [5, 5.41) is 25.4. The van der Waals surface area contributed by atoms with E-state index >= 15 is 0 Å². The van der Waals surface area contributed by atoms with E-state index in [0.29, 0.717) is 45.0 Å². The van der Waals surface area contributed by atoms with Crippen LogP contribution in [0.3, 0.4) is 0 Å². The Balaban J connectivity index is 2.40. The van der Waals surface area contributed by atoms with Crippen LogP contribution >= 0.6 is 0 Å². The van der Waals surface area contributed by atoms with Gasteiger partial charge in [0.15, 0.2) is 6.29 Å². The van der Waals surface area contributed by atoms with Crippen molar-refractivity contribution in [2.24, 2.45) is 0 Å². The molecule has 1 aliphatic rings. The molecule has 1 amide bonds. The monoisotopic (exact) mass is 710 g/mol. The second-order valence-electron chi connectivity index (χ2n) is 13.6. The summed E-state index contributed by atoms with van der Waals surface area (Å²) in [6.45, 7) is 15.0. The van der Waals surface area contributed by atoms with Crippen LogP contribution in [-0.4, -0.2) is 105 Å². The Morgan fingerprint density at radius 1 is 0.720 bits per heavy atom. The van der Waals surface area contributed by atoms with Crippen LogP contribution in [0.15, 0.2) is 24.3 Å². The topological polar surface area (TPSA) is 125 Å². The van der Waals surface area contributed by atoms with Crippen molar-refractivity contribution in [2.75, 3.05) is 39.6 Å². The third-order valence-electron chi connectivity index (χ3n) is 9.23. The van der Waals surface area contributed by atoms with E-state index in [9.17, 15) is 15.0 Å². The summed E-state index contributed by atoms with van der Waals surface area (Å²) in [4.78, 5) is 13.5. The standard InChI is InChI=1S/C40H71NO9/c1-7-13-18-19-33(42)35(43)32(41-39(44)31-22-20-30(12-6)21-23-31)28-49-40-38(48-27-17-11-5)37(47-26-16-10-4)36(46-25-15-9-3)34(50-40)29-45-24-14-8-2/h20-23,32-38,40,42-43H,7-19,24-29H2,1-6H3,(H,41,44)/t32-,33+,34?,35-,36?,37?,38?,40?/m0/s1. The lowest BCUT2D eigenvalue weighted by Gasteiger charge is -2.46. The SMILES string of the molecule is CCCCC[C@@H](O)[C@@H](O)[C@H](COC1OC(COCCCC)C(OCCCC)C(OCCCC)C1OCCCC)NC(=O)c1ccc(CC)cc1. The van der Waals surface area contributed by atoms with Crippen LogP contribution in [0.1, 0.15) is 135 Å². The zero-order valence-electron chi connectivity index (χ0n) is 32.1. The van der Waals surface area contributed by atoms with Crippen molar-refractivity contribution in [3.8, 4) is 0 Å². The van der Waals surface area contributed by atoms with Gasteiger partial charge < -0.3 is 44.0 Å². The summed E-state index contributed by atoms with van der Waals surface area (Å²) in [6.07, 6.45) is 6.31. The molecule has 10 heteroatoms. The van der Waals surface area contributed by atoms with E-state index in [1.54, 1.807) is 12.1 Å². The van der Waals surface area contributed by atoms with Crippen LogP contribution in [0.4, 0.5) is 0 Å². The van der Waals surface area contributed by atoms with Gasteiger partial charge in [0, 0.05) is 32.0 Å². The Bertz CT molecular complexity index is 980. The second-order valence-corrected chi connectivity index (χ2v) is 13.6. The smallest absolute Gasteiger partial charge is 0.251 e. The molecule has 2 rings (SSSR count). The molecule has 0 spiro atoms. The minimum absolute atomic E-state index is 0.116. The fraction of sp³-hybridized carbons (Fsp3) is 0.825. The van der Waals surface area contributed by atoms with Gasteiger partial charge in [-0.1, -0.05) is 98.6 Å². The molecule has 10 nitrogen and oxygen atoms in total. The fourth-order valence-electron chi connectivity index (χ4n) is 5.86. The molecule has 0 aliphatic carbocycles. The maximum Gasteiger partial charge on any atom is 0.251 e. The van der Waals surface area contributed by atoms with Crippen LogP contribution in [0.2, 0.25) is 0 Å². The van der Waals surface area contributed by atoms with Crippen molar-refractivity contribution < 1.29 is 43.4 Å². The summed E-state index contributed by atoms with van der Waals surface area (Å²) >= 11 is 0. The van der Waals surface area contributed by atoms with Gasteiger partial charge in [-0.05, 0) is 56.2 Å². The molecule has 1 aromatic carbocycles. The third kappa shape index (κ3) is 15.9. The van der Waals surface area contributed by atoms with Crippen LogP contribution in [0.25, 0.3) is 0 Å². The zero-order valence-corrected chi connectivity index (χ0v) is 32.1. The Labute approximate surface area is 303 Å². The fourth-order valence-corrected chi connectivity index (χ4v) is 5.86. The second kappa shape index (κ2) is 27.0. The number of amides is 1. The summed E-state index contributed by atoms with van der Waals surface area (Å²) in [6, 6.07) is 6.48. The molecule has 1 heterocycles. The number of benzene rings is 1. The highest BCUT2D eigenvalue weighted by Gasteiger charge is 2.49. The van der Waals surface area contributed by atoms with E-state index in [0.717, 1.165) is 82.6 Å². The van der Waals surface area contributed by atoms with Gasteiger partial charge in [0.05, 0.1) is 25.4 Å². The Kier molecular flexibility index (Phi) is 24.1. The van der Waals surface area contributed by atoms with Crippen molar-refractivity contribution in [3.63, 3.8) is 0 Å². The lowest BCUT2D eigenvalue weighted by molar-refractivity contribution is -0.325. The lowest BCUT2D eigenvalue weighted by atomic mass is 9.97. The number of hydrogen-bond donors (Lipinski definition) is 3. The first-order valence-corrected chi connectivity index (χ1v) is 19.8. The van der Waals surface area contributed by atoms with Gasteiger partial charge in [-0.15, -0.1) is 0 Å². The number of rotatable bonds is 29. The number of carbonyl (C=O) groups is 1. The minimum atomic E-state index is -1.26. The zero-order chi connectivity index (χ0) is 36.6. The van der Waals surface area contributed by atoms with E-state index in [1.165, 1.54) is 0 Å². The number of aliphatic hydroxyl groups excluding tert-OH is 2. The number of hydrogen-bond acceptors (Lipinski definition) is 9. The average molecular weight is 710 g/mol. The molecule has 5 unspecified atom stereocenters. The third-order valence-corrected chi connectivity index (χ3v) is 9.23. The maximum absolute atomic E-state index is 13.5. The highest BCUT2D eigenvalue weighted by atomic mass is 16.7. The minimum Gasteiger partial charge on any atom is -0.390 e. The summed E-state index contributed by atoms with van der Waals surface area (Å²) in [7, 11) is 0. The molecule has 0 bridgehead atoms. The summed E-state index contributed by atoms with van der Waals surface area (Å²) in [5.74, 6) is -0.353. The average Bonchev–Trinajstić information content (AvgIpc) is 3.13. The van der Waals surface area contributed by atoms with E-state index in [1.807, 2.05) is 12.1 Å². The molecular weight excluding hydrogens is 638 g/mol. The van der Waals surface area contributed by atoms with Crippen molar-refractivity contribution >= 4 is 5.91 Å². The first-order chi connectivity index (χ1) is 24.3. The van der Waals surface area contributed by atoms with Crippen LogP contribution < -0.4 is 5.32 Å². The van der Waals surface area contributed by atoms with E-state index in [2.05, 4.69) is 46.9 Å². The van der Waals surface area contributed by atoms with Crippen LogP contribution in [0, 0.1) is 0 Å². The number of aryl methyl sites for hydroxylation is 1. The maximum atomic E-state index is 13.5. The van der Waals surface area contributed by atoms with Crippen molar-refractivity contribution in [1.82, 2.24) is 5.32 Å². The highest BCUT2D eigenvalue weighted by Crippen LogP contribution is 2.30. The van der Waals surface area contributed by atoms with Gasteiger partial charge in [0.2, 0.25) is 0 Å². The van der Waals surface area contributed by atoms with Crippen LogP contribution in [-0.2, 0) is 34.8 Å². The molecule has 0 saturated carbocycles. The molecule has 50 heavy (non-hydrogen) atoms. The molecule has 1 saturated heterocycles. The van der Waals surface area contributed by atoms with Crippen molar-refractivity contribution in [3.05, 3.63) is 35.4 Å². The molecule has 1 aliphatic heterocycles. The van der Waals surface area contributed by atoms with E-state index < -0.39 is 49.0 Å². The van der Waals surface area contributed by atoms with Crippen molar-refractivity contribution in [2.45, 2.75) is 174 Å². The molecular formula is C40H71NO9. The quantitative estimate of drug-likeness (QED) is 0.0774. The Morgan fingerprint density at radius 3 is 1.86 bits per heavy atom. The summed E-state index contributed by atoms with van der Waals surface area (Å²) < 4.78 is 38.8. The molecule has 3 N–H and O–H groups in total. The van der Waals surface area contributed by atoms with Crippen LogP contribution in [0.5, 0.6) is 0 Å². The van der Waals surface area contributed by atoms with Crippen molar-refractivity contribution in [1.29, 1.82) is 0 Å². The van der Waals surface area contributed by atoms with Gasteiger partial charge in [0.25, 0.3) is 5.91 Å². The lowest BCUT2D eigenvalue weighted by Crippen LogP contribution is -2.63. The number of ether oxygens (including phenoxy) is 6. The molecule has 0 radical (unpaired) electrons. The largest absolute Gasteiger partial charge is 0.390 e. The van der Waals surface area contributed by atoms with Gasteiger partial charge in [-0.3, -0.25) is 4.79 Å². The molecule has 8 atom stereocenters. The number of nitrogens with one attached hydrogen (secondary N) is 1. The molecule has 290 valence electrons. The molecule has 1 fully saturated rings.